The lowest BCUT2D eigenvalue weighted by molar-refractivity contribution is -0.382. The number of benzene rings is 1. The van der Waals surface area contributed by atoms with Crippen LogP contribution in [0.3, 0.4) is 0 Å². The van der Waals surface area contributed by atoms with Gasteiger partial charge in [0.1, 0.15) is 11.4 Å². The van der Waals surface area contributed by atoms with E-state index in [2.05, 4.69) is 15.3 Å². The Hall–Kier alpha value is -2.48. The third-order valence-corrected chi connectivity index (χ3v) is 3.55. The van der Waals surface area contributed by atoms with Crippen molar-refractivity contribution in [3.63, 3.8) is 0 Å². The van der Waals surface area contributed by atoms with E-state index in [1.165, 1.54) is 11.3 Å². The minimum Gasteiger partial charge on any atom is -0.444 e. The van der Waals surface area contributed by atoms with Gasteiger partial charge in [-0.15, -0.1) is 11.3 Å². The van der Waals surface area contributed by atoms with Gasteiger partial charge in [-0.2, -0.15) is 0 Å². The van der Waals surface area contributed by atoms with Crippen LogP contribution in [0.4, 0.5) is 11.4 Å². The molecule has 8 heteroatoms. The monoisotopic (exact) mass is 290 g/mol. The fourth-order valence-electron chi connectivity index (χ4n) is 1.90. The summed E-state index contributed by atoms with van der Waals surface area (Å²) in [6.07, 6.45) is 1.61. The first kappa shape index (κ1) is 12.5. The molecule has 0 bridgehead atoms. The number of rotatable bonds is 4. The van der Waals surface area contributed by atoms with Gasteiger partial charge in [0.2, 0.25) is 5.89 Å². The maximum absolute atomic E-state index is 11.2. The lowest BCUT2D eigenvalue weighted by Crippen LogP contribution is -2.03. The molecule has 20 heavy (non-hydrogen) atoms. The summed E-state index contributed by atoms with van der Waals surface area (Å²) < 4.78 is 6.11. The van der Waals surface area contributed by atoms with Crippen LogP contribution in [-0.4, -0.2) is 14.9 Å². The summed E-state index contributed by atoms with van der Waals surface area (Å²) in [5, 5.41) is 14.2. The van der Waals surface area contributed by atoms with Crippen LogP contribution in [0.5, 0.6) is 0 Å². The highest BCUT2D eigenvalue weighted by molar-refractivity contribution is 7.16. The zero-order chi connectivity index (χ0) is 14.1. The standard InChI is InChI=1S/C12H10N4O3S/c1-7-4-14-10(19-7)5-13-8-2-3-9-11(15-6-20-9)12(8)16(17)18/h2-4,6,13H,5H2,1H3. The number of nitrogens with zero attached hydrogens (tertiary/aromatic N) is 3. The van der Waals surface area contributed by atoms with Crippen LogP contribution in [0.1, 0.15) is 11.7 Å². The van der Waals surface area contributed by atoms with Gasteiger partial charge in [0.25, 0.3) is 0 Å². The molecule has 0 fully saturated rings. The Kier molecular flexibility index (Phi) is 3.07. The average molecular weight is 290 g/mol. The summed E-state index contributed by atoms with van der Waals surface area (Å²) >= 11 is 1.37. The van der Waals surface area contributed by atoms with Crippen molar-refractivity contribution in [3.8, 4) is 0 Å². The summed E-state index contributed by atoms with van der Waals surface area (Å²) in [7, 11) is 0. The first-order valence-electron chi connectivity index (χ1n) is 5.81. The molecule has 0 atom stereocenters. The fraction of sp³-hybridized carbons (Fsp3) is 0.167. The van der Waals surface area contributed by atoms with Crippen molar-refractivity contribution in [3.05, 3.63) is 45.6 Å². The van der Waals surface area contributed by atoms with Gasteiger partial charge in [0.15, 0.2) is 5.52 Å². The highest BCUT2D eigenvalue weighted by Crippen LogP contribution is 2.34. The normalized spacial score (nSPS) is 10.8. The number of anilines is 1. The molecule has 3 rings (SSSR count). The van der Waals surface area contributed by atoms with Crippen molar-refractivity contribution < 1.29 is 9.34 Å². The minimum atomic E-state index is -0.425. The second kappa shape index (κ2) is 4.89. The predicted molar refractivity (Wildman–Crippen MR) is 74.8 cm³/mol. The molecule has 1 aromatic carbocycles. The first-order chi connectivity index (χ1) is 9.65. The van der Waals surface area contributed by atoms with Gasteiger partial charge in [-0.25, -0.2) is 9.97 Å². The van der Waals surface area contributed by atoms with Crippen LogP contribution in [0.15, 0.2) is 28.3 Å². The van der Waals surface area contributed by atoms with Gasteiger partial charge in [0.05, 0.1) is 27.9 Å². The number of aromatic nitrogens is 2. The Morgan fingerprint density at radius 2 is 2.30 bits per heavy atom. The fourth-order valence-corrected chi connectivity index (χ4v) is 2.58. The quantitative estimate of drug-likeness (QED) is 0.586. The highest BCUT2D eigenvalue weighted by atomic mass is 32.1. The number of fused-ring (bicyclic) bond motifs is 1. The van der Waals surface area contributed by atoms with Crippen molar-refractivity contribution >= 4 is 32.9 Å². The second-order valence-corrected chi connectivity index (χ2v) is 5.02. The minimum absolute atomic E-state index is 0.0213. The number of nitro groups is 1. The van der Waals surface area contributed by atoms with Crippen LogP contribution in [0.25, 0.3) is 10.2 Å². The Morgan fingerprint density at radius 1 is 1.45 bits per heavy atom. The molecule has 3 aromatic rings. The molecule has 2 heterocycles. The molecular weight excluding hydrogens is 280 g/mol. The van der Waals surface area contributed by atoms with Crippen molar-refractivity contribution in [1.82, 2.24) is 9.97 Å². The SMILES string of the molecule is Cc1cnc(CNc2ccc3scnc3c2[N+](=O)[O-])o1. The van der Waals surface area contributed by atoms with Crippen LogP contribution < -0.4 is 5.32 Å². The molecule has 102 valence electrons. The van der Waals surface area contributed by atoms with Gasteiger partial charge in [-0.1, -0.05) is 0 Å². The van der Waals surface area contributed by atoms with E-state index < -0.39 is 4.92 Å². The Morgan fingerprint density at radius 3 is 3.00 bits per heavy atom. The molecule has 7 nitrogen and oxygen atoms in total. The van der Waals surface area contributed by atoms with Gasteiger partial charge in [0, 0.05) is 0 Å². The lowest BCUT2D eigenvalue weighted by atomic mass is 10.2. The van der Waals surface area contributed by atoms with Crippen LogP contribution >= 0.6 is 11.3 Å². The summed E-state index contributed by atoms with van der Waals surface area (Å²) in [5.41, 5.74) is 2.38. The number of nitrogens with one attached hydrogen (secondary N) is 1. The second-order valence-electron chi connectivity index (χ2n) is 4.14. The molecule has 1 N–H and O–H groups in total. The molecule has 0 saturated heterocycles. The number of hydrogen-bond donors (Lipinski definition) is 1. The zero-order valence-corrected chi connectivity index (χ0v) is 11.3. The van der Waals surface area contributed by atoms with Gasteiger partial charge in [-0.05, 0) is 19.1 Å². The van der Waals surface area contributed by atoms with E-state index in [0.717, 1.165) is 4.70 Å². The summed E-state index contributed by atoms with van der Waals surface area (Å²) in [5.74, 6) is 1.18. The average Bonchev–Trinajstić information content (AvgIpc) is 3.03. The molecule has 0 spiro atoms. The molecule has 0 amide bonds. The van der Waals surface area contributed by atoms with Crippen LogP contribution in [-0.2, 0) is 6.54 Å². The van der Waals surface area contributed by atoms with Crippen molar-refractivity contribution in [2.45, 2.75) is 13.5 Å². The van der Waals surface area contributed by atoms with E-state index in [-0.39, 0.29) is 12.2 Å². The van der Waals surface area contributed by atoms with Crippen LogP contribution in [0.2, 0.25) is 0 Å². The van der Waals surface area contributed by atoms with Gasteiger partial charge < -0.3 is 9.73 Å². The van der Waals surface area contributed by atoms with Gasteiger partial charge in [-0.3, -0.25) is 10.1 Å². The van der Waals surface area contributed by atoms with Gasteiger partial charge >= 0.3 is 5.69 Å². The lowest BCUT2D eigenvalue weighted by Gasteiger charge is -2.05. The van der Waals surface area contributed by atoms with Crippen LogP contribution in [0, 0.1) is 17.0 Å². The topological polar surface area (TPSA) is 94.1 Å². The predicted octanol–water partition coefficient (Wildman–Crippen LogP) is 3.11. The maximum Gasteiger partial charge on any atom is 0.319 e. The summed E-state index contributed by atoms with van der Waals surface area (Å²) in [6.45, 7) is 2.07. The number of hydrogen-bond acceptors (Lipinski definition) is 7. The zero-order valence-electron chi connectivity index (χ0n) is 10.5. The molecule has 0 unspecified atom stereocenters. The Labute approximate surface area is 117 Å². The maximum atomic E-state index is 11.2. The van der Waals surface area contributed by atoms with E-state index in [0.29, 0.717) is 22.9 Å². The molecule has 0 radical (unpaired) electrons. The Bertz CT molecular complexity index is 780. The highest BCUT2D eigenvalue weighted by Gasteiger charge is 2.20. The third-order valence-electron chi connectivity index (χ3n) is 2.76. The molecule has 2 aromatic heterocycles. The third kappa shape index (κ3) is 2.21. The first-order valence-corrected chi connectivity index (χ1v) is 6.69. The molecule has 0 aliphatic carbocycles. The Balaban J connectivity index is 1.94. The largest absolute Gasteiger partial charge is 0.444 e. The molecule has 0 aliphatic rings. The number of oxazole rings is 1. The number of thiazole rings is 1. The van der Waals surface area contributed by atoms with E-state index in [4.69, 9.17) is 4.42 Å². The van der Waals surface area contributed by atoms with Crippen molar-refractivity contribution in [2.75, 3.05) is 5.32 Å². The smallest absolute Gasteiger partial charge is 0.319 e. The van der Waals surface area contributed by atoms with E-state index in [9.17, 15) is 10.1 Å². The number of nitro benzene ring substituents is 1. The van der Waals surface area contributed by atoms with E-state index in [1.807, 2.05) is 6.07 Å². The molecule has 0 saturated carbocycles. The van der Waals surface area contributed by atoms with E-state index in [1.54, 1.807) is 24.7 Å². The summed E-state index contributed by atoms with van der Waals surface area (Å²) in [4.78, 5) is 18.9. The summed E-state index contributed by atoms with van der Waals surface area (Å²) in [6, 6.07) is 3.48. The molecule has 0 aliphatic heterocycles. The van der Waals surface area contributed by atoms with Crippen molar-refractivity contribution in [2.24, 2.45) is 0 Å². The van der Waals surface area contributed by atoms with E-state index >= 15 is 0 Å². The van der Waals surface area contributed by atoms with Crippen molar-refractivity contribution in [1.29, 1.82) is 0 Å². The number of aryl methyl sites for hydroxylation is 1. The molecular formula is C12H10N4O3S.